The molecule has 0 bridgehead atoms. The lowest BCUT2D eigenvalue weighted by Gasteiger charge is -2.30. The Balaban J connectivity index is 1.95. The predicted octanol–water partition coefficient (Wildman–Crippen LogP) is 1.55. The molecule has 1 N–H and O–H groups in total. The molecule has 0 saturated heterocycles. The Morgan fingerprint density at radius 3 is 2.50 bits per heavy atom. The van der Waals surface area contributed by atoms with Crippen molar-refractivity contribution < 1.29 is 19.1 Å². The highest BCUT2D eigenvalue weighted by molar-refractivity contribution is 5.98. The van der Waals surface area contributed by atoms with Gasteiger partial charge in [0.05, 0.1) is 5.56 Å². The fraction of sp³-hybridized carbons (Fsp3) is 0.235. The molecule has 1 aromatic carbocycles. The second-order valence-corrected chi connectivity index (χ2v) is 5.67. The molecular weight excluding hydrogens is 315 g/mol. The summed E-state index contributed by atoms with van der Waals surface area (Å²) in [6.07, 6.45) is 1.31. The Morgan fingerprint density at radius 2 is 1.88 bits per heavy atom. The maximum atomic E-state index is 13.0. The summed E-state index contributed by atoms with van der Waals surface area (Å²) in [4.78, 5) is 37.6. The van der Waals surface area contributed by atoms with Crippen molar-refractivity contribution in [1.82, 2.24) is 9.47 Å². The number of rotatable bonds is 3. The minimum atomic E-state index is -0.842. The molecule has 124 valence electrons. The van der Waals surface area contributed by atoms with Crippen LogP contribution in [0.4, 0.5) is 4.39 Å². The molecule has 1 aliphatic heterocycles. The van der Waals surface area contributed by atoms with Crippen LogP contribution in [0, 0.1) is 5.82 Å². The van der Waals surface area contributed by atoms with Gasteiger partial charge in [-0.2, -0.15) is 0 Å². The first-order chi connectivity index (χ1) is 11.4. The van der Waals surface area contributed by atoms with E-state index >= 15 is 0 Å². The predicted molar refractivity (Wildman–Crippen MR) is 83.5 cm³/mol. The lowest BCUT2D eigenvalue weighted by molar-refractivity contribution is 0.0682. The first-order valence-electron chi connectivity index (χ1n) is 7.39. The smallest absolute Gasteiger partial charge is 0.274 e. The number of amides is 1. The third kappa shape index (κ3) is 2.68. The second-order valence-electron chi connectivity index (χ2n) is 5.67. The summed E-state index contributed by atoms with van der Waals surface area (Å²) in [6, 6.07) is 5.75. The van der Waals surface area contributed by atoms with Crippen LogP contribution in [0.1, 0.15) is 33.3 Å². The van der Waals surface area contributed by atoms with Crippen molar-refractivity contribution in [2.24, 2.45) is 0 Å². The molecular formula is C17H15FN2O4. The van der Waals surface area contributed by atoms with Crippen LogP contribution in [0.5, 0.6) is 5.75 Å². The van der Waals surface area contributed by atoms with Gasteiger partial charge in [-0.3, -0.25) is 14.4 Å². The maximum Gasteiger partial charge on any atom is 0.274 e. The Bertz CT molecular complexity index is 887. The molecule has 1 amide bonds. The standard InChI is InChI=1S/C17H15FN2O4/c1-10(21)13-9-19-6-7-20(8-11-2-4-12(18)5-3-11)17(24)14(19)16(23)15(13)22/h2-5,9,23H,6-8H2,1H3. The van der Waals surface area contributed by atoms with Crippen LogP contribution in [0.25, 0.3) is 0 Å². The minimum Gasteiger partial charge on any atom is -0.503 e. The molecule has 2 aromatic rings. The highest BCUT2D eigenvalue weighted by Crippen LogP contribution is 2.22. The van der Waals surface area contributed by atoms with E-state index in [-0.39, 0.29) is 23.6 Å². The molecule has 0 fully saturated rings. The number of carbonyl (C=O) groups is 2. The van der Waals surface area contributed by atoms with E-state index in [1.54, 1.807) is 12.1 Å². The minimum absolute atomic E-state index is 0.127. The Morgan fingerprint density at radius 1 is 1.21 bits per heavy atom. The number of carbonyl (C=O) groups excluding carboxylic acids is 2. The van der Waals surface area contributed by atoms with Gasteiger partial charge in [-0.05, 0) is 24.6 Å². The van der Waals surface area contributed by atoms with Crippen LogP contribution in [-0.4, -0.2) is 32.8 Å². The van der Waals surface area contributed by atoms with Crippen molar-refractivity contribution in [2.75, 3.05) is 6.54 Å². The topological polar surface area (TPSA) is 79.6 Å². The number of aromatic hydroxyl groups is 1. The number of ketones is 1. The third-order valence-corrected chi connectivity index (χ3v) is 4.02. The highest BCUT2D eigenvalue weighted by atomic mass is 19.1. The number of Topliss-reactive ketones (excluding diaryl/α,β-unsaturated/α-hetero) is 1. The van der Waals surface area contributed by atoms with Gasteiger partial charge in [-0.15, -0.1) is 0 Å². The lowest BCUT2D eigenvalue weighted by atomic mass is 10.1. The van der Waals surface area contributed by atoms with Gasteiger partial charge in [0.25, 0.3) is 5.91 Å². The average Bonchev–Trinajstić information content (AvgIpc) is 2.54. The molecule has 0 radical (unpaired) electrons. The zero-order chi connectivity index (χ0) is 17.4. The SMILES string of the molecule is CC(=O)c1cn2c(c(O)c1=O)C(=O)N(Cc1ccc(F)cc1)CC2. The number of aromatic nitrogens is 1. The molecule has 1 aliphatic rings. The zero-order valence-electron chi connectivity index (χ0n) is 13.0. The molecule has 0 atom stereocenters. The van der Waals surface area contributed by atoms with Crippen molar-refractivity contribution in [3.63, 3.8) is 0 Å². The van der Waals surface area contributed by atoms with Gasteiger partial charge in [0.1, 0.15) is 5.82 Å². The van der Waals surface area contributed by atoms with Crippen LogP contribution >= 0.6 is 0 Å². The summed E-state index contributed by atoms with van der Waals surface area (Å²) in [5, 5.41) is 10.1. The number of hydrogen-bond acceptors (Lipinski definition) is 4. The number of hydrogen-bond donors (Lipinski definition) is 1. The van der Waals surface area contributed by atoms with Crippen LogP contribution in [-0.2, 0) is 13.1 Å². The van der Waals surface area contributed by atoms with Crippen LogP contribution in [0.3, 0.4) is 0 Å². The normalized spacial score (nSPS) is 13.8. The van der Waals surface area contributed by atoms with E-state index < -0.39 is 22.9 Å². The van der Waals surface area contributed by atoms with E-state index in [0.29, 0.717) is 13.1 Å². The van der Waals surface area contributed by atoms with Crippen LogP contribution < -0.4 is 5.43 Å². The van der Waals surface area contributed by atoms with Gasteiger partial charge < -0.3 is 14.6 Å². The molecule has 0 aliphatic carbocycles. The van der Waals surface area contributed by atoms with Crippen molar-refractivity contribution in [1.29, 1.82) is 0 Å². The van der Waals surface area contributed by atoms with Gasteiger partial charge in [0, 0.05) is 25.8 Å². The third-order valence-electron chi connectivity index (χ3n) is 4.02. The van der Waals surface area contributed by atoms with Gasteiger partial charge in [-0.25, -0.2) is 4.39 Å². The summed E-state index contributed by atoms with van der Waals surface area (Å²) in [5.41, 5.74) is -0.375. The van der Waals surface area contributed by atoms with Crippen LogP contribution in [0.15, 0.2) is 35.3 Å². The molecule has 0 saturated carbocycles. The number of pyridine rings is 1. The molecule has 6 nitrogen and oxygen atoms in total. The van der Waals surface area contributed by atoms with E-state index in [0.717, 1.165) is 5.56 Å². The van der Waals surface area contributed by atoms with Gasteiger partial charge in [0.15, 0.2) is 17.2 Å². The Kier molecular flexibility index (Phi) is 3.92. The van der Waals surface area contributed by atoms with Gasteiger partial charge in [-0.1, -0.05) is 12.1 Å². The quantitative estimate of drug-likeness (QED) is 0.866. The fourth-order valence-corrected chi connectivity index (χ4v) is 2.74. The van der Waals surface area contributed by atoms with Crippen molar-refractivity contribution in [3.8, 4) is 5.75 Å². The Hall–Kier alpha value is -2.96. The molecule has 3 rings (SSSR count). The van der Waals surface area contributed by atoms with Crippen molar-refractivity contribution in [2.45, 2.75) is 20.0 Å². The largest absolute Gasteiger partial charge is 0.503 e. The number of halogens is 1. The second kappa shape index (κ2) is 5.92. The summed E-state index contributed by atoms with van der Waals surface area (Å²) in [6.45, 7) is 2.16. The van der Waals surface area contributed by atoms with Crippen molar-refractivity contribution in [3.05, 3.63) is 63.3 Å². The van der Waals surface area contributed by atoms with E-state index in [2.05, 4.69) is 0 Å². The van der Waals surface area contributed by atoms with Crippen molar-refractivity contribution >= 4 is 11.7 Å². The maximum absolute atomic E-state index is 13.0. The Labute approximate surface area is 136 Å². The molecule has 24 heavy (non-hydrogen) atoms. The highest BCUT2D eigenvalue weighted by Gasteiger charge is 2.30. The van der Waals surface area contributed by atoms with Gasteiger partial charge >= 0.3 is 0 Å². The number of nitrogens with zero attached hydrogens (tertiary/aromatic N) is 2. The first kappa shape index (κ1) is 15.9. The summed E-state index contributed by atoms with van der Waals surface area (Å²) < 4.78 is 14.4. The van der Waals surface area contributed by atoms with E-state index in [9.17, 15) is 23.9 Å². The van der Waals surface area contributed by atoms with Crippen LogP contribution in [0.2, 0.25) is 0 Å². The molecule has 1 aromatic heterocycles. The fourth-order valence-electron chi connectivity index (χ4n) is 2.74. The monoisotopic (exact) mass is 330 g/mol. The summed E-state index contributed by atoms with van der Waals surface area (Å²) in [5.74, 6) is -2.05. The lowest BCUT2D eigenvalue weighted by Crippen LogP contribution is -2.41. The first-order valence-corrected chi connectivity index (χ1v) is 7.39. The molecule has 7 heteroatoms. The zero-order valence-corrected chi connectivity index (χ0v) is 13.0. The van der Waals surface area contributed by atoms with Gasteiger partial charge in [0.2, 0.25) is 5.43 Å². The molecule has 0 unspecified atom stereocenters. The number of benzene rings is 1. The molecule has 0 spiro atoms. The number of fused-ring (bicyclic) bond motifs is 1. The summed E-state index contributed by atoms with van der Waals surface area (Å²) >= 11 is 0. The van der Waals surface area contributed by atoms with E-state index in [1.807, 2.05) is 0 Å². The average molecular weight is 330 g/mol. The van der Waals surface area contributed by atoms with E-state index in [1.165, 1.54) is 34.7 Å². The van der Waals surface area contributed by atoms with E-state index in [4.69, 9.17) is 0 Å². The summed E-state index contributed by atoms with van der Waals surface area (Å²) in [7, 11) is 0. The molecule has 2 heterocycles.